The van der Waals surface area contributed by atoms with E-state index in [1.165, 1.54) is 18.3 Å². The molecule has 0 unspecified atom stereocenters. The molecule has 1 aliphatic heterocycles. The third-order valence-electron chi connectivity index (χ3n) is 3.32. The maximum absolute atomic E-state index is 12.1. The van der Waals surface area contributed by atoms with Crippen LogP contribution in [0.1, 0.15) is 36.8 Å². The van der Waals surface area contributed by atoms with Crippen molar-refractivity contribution in [3.63, 3.8) is 0 Å². The first kappa shape index (κ1) is 15.4. The Balaban J connectivity index is 1.68. The predicted molar refractivity (Wildman–Crippen MR) is 79.3 cm³/mol. The van der Waals surface area contributed by atoms with Gasteiger partial charge in [0.2, 0.25) is 0 Å². The summed E-state index contributed by atoms with van der Waals surface area (Å²) in [6.45, 7) is -0.113. The molecule has 9 heteroatoms. The first-order chi connectivity index (χ1) is 11.6. The van der Waals surface area contributed by atoms with Crippen molar-refractivity contribution < 1.29 is 19.2 Å². The maximum Gasteiger partial charge on any atom is 0.298 e. The fourth-order valence-electron chi connectivity index (χ4n) is 2.16. The van der Waals surface area contributed by atoms with Gasteiger partial charge in [-0.1, -0.05) is 22.5 Å². The summed E-state index contributed by atoms with van der Waals surface area (Å²) in [6, 6.07) is 9.43. The van der Waals surface area contributed by atoms with E-state index in [4.69, 9.17) is 10.7 Å². The maximum atomic E-state index is 12.1. The van der Waals surface area contributed by atoms with Crippen LogP contribution in [-0.2, 0) is 11.4 Å². The van der Waals surface area contributed by atoms with E-state index in [1.54, 1.807) is 24.3 Å². The molecule has 3 rings (SSSR count). The summed E-state index contributed by atoms with van der Waals surface area (Å²) in [5, 5.41) is 6.77. The molecule has 0 saturated heterocycles. The highest BCUT2D eigenvalue weighted by atomic mass is 16.7. The zero-order chi connectivity index (χ0) is 17.1. The van der Waals surface area contributed by atoms with Crippen molar-refractivity contribution in [2.75, 3.05) is 0 Å². The fraction of sp³-hybridized carbons (Fsp3) is 0.0667. The van der Waals surface area contributed by atoms with E-state index < -0.39 is 17.7 Å². The van der Waals surface area contributed by atoms with Crippen molar-refractivity contribution in [3.8, 4) is 0 Å². The molecule has 120 valence electrons. The summed E-state index contributed by atoms with van der Waals surface area (Å²) in [7, 11) is 0. The zero-order valence-electron chi connectivity index (χ0n) is 12.2. The highest BCUT2D eigenvalue weighted by molar-refractivity contribution is 6.20. The van der Waals surface area contributed by atoms with E-state index in [2.05, 4.69) is 15.3 Å². The molecule has 0 radical (unpaired) electrons. The Hall–Kier alpha value is -3.46. The minimum absolute atomic E-state index is 0.113. The Morgan fingerprint density at radius 3 is 2.33 bits per heavy atom. The third kappa shape index (κ3) is 2.75. The van der Waals surface area contributed by atoms with Crippen LogP contribution in [-0.4, -0.2) is 27.8 Å². The summed E-state index contributed by atoms with van der Waals surface area (Å²) >= 11 is 0. The van der Waals surface area contributed by atoms with Crippen LogP contribution >= 0.6 is 0 Å². The molecule has 0 saturated carbocycles. The van der Waals surface area contributed by atoms with Crippen LogP contribution < -0.4 is 5.84 Å². The molecule has 1 aromatic heterocycles. The number of hydrogen-bond donors (Lipinski definition) is 1. The lowest BCUT2D eigenvalue weighted by molar-refractivity contribution is -0.102. The topological polar surface area (TPSA) is 127 Å². The number of imide groups is 1. The highest BCUT2D eigenvalue weighted by Gasteiger charge is 2.36. The number of rotatable bonds is 4. The number of nitrogens with two attached hydrogens (primary N) is 1. The van der Waals surface area contributed by atoms with Crippen LogP contribution in [0.3, 0.4) is 0 Å². The quantitative estimate of drug-likeness (QED) is 0.390. The molecule has 0 spiro atoms. The monoisotopic (exact) mass is 325 g/mol. The fourth-order valence-corrected chi connectivity index (χ4v) is 2.16. The Labute approximate surface area is 135 Å². The number of hydrogen-bond acceptors (Lipinski definition) is 6. The van der Waals surface area contributed by atoms with Gasteiger partial charge >= 0.3 is 0 Å². The smallest absolute Gasteiger partial charge is 0.298 e. The third-order valence-corrected chi connectivity index (χ3v) is 3.32. The molecule has 0 aliphatic carbocycles. The number of amides is 3. The second-order valence-corrected chi connectivity index (χ2v) is 4.78. The summed E-state index contributed by atoms with van der Waals surface area (Å²) in [4.78, 5) is 44.9. The van der Waals surface area contributed by atoms with Crippen molar-refractivity contribution in [1.82, 2.24) is 10.0 Å². The molecule has 24 heavy (non-hydrogen) atoms. The molecule has 1 aromatic carbocycles. The lowest BCUT2D eigenvalue weighted by Gasteiger charge is -2.12. The van der Waals surface area contributed by atoms with Crippen LogP contribution in [0.15, 0.2) is 52.9 Å². The van der Waals surface area contributed by atoms with E-state index in [-0.39, 0.29) is 12.2 Å². The lowest BCUT2D eigenvalue weighted by atomic mass is 10.1. The van der Waals surface area contributed by atoms with Crippen molar-refractivity contribution >= 4 is 17.7 Å². The number of carbonyl (C=O) groups is 3. The second-order valence-electron chi connectivity index (χ2n) is 4.78. The Bertz CT molecular complexity index is 812. The van der Waals surface area contributed by atoms with Crippen LogP contribution in [0.4, 0.5) is 0 Å². The summed E-state index contributed by atoms with van der Waals surface area (Å²) in [5.41, 5.74) is 1.22. The van der Waals surface area contributed by atoms with Gasteiger partial charge in [0.05, 0.1) is 22.4 Å². The Morgan fingerprint density at radius 1 is 1.12 bits per heavy atom. The number of fused-ring (bicyclic) bond motifs is 1. The normalized spacial score (nSPS) is 13.6. The van der Waals surface area contributed by atoms with Crippen LogP contribution in [0.25, 0.3) is 0 Å². The Kier molecular flexibility index (Phi) is 4.08. The lowest BCUT2D eigenvalue weighted by Crippen LogP contribution is -2.29. The standard InChI is InChI=1S/C15H11N5O4/c16-19-18-13(21)9-5-6-10(17-7-9)8-24-20-14(22)11-3-1-2-4-12(11)15(20)23/h1-7H,8H2,(H2,16,18,21). The molecule has 1 aliphatic rings. The summed E-state index contributed by atoms with van der Waals surface area (Å²) < 4.78 is 0. The second kappa shape index (κ2) is 6.34. The average Bonchev–Trinajstić information content (AvgIpc) is 2.85. The largest absolute Gasteiger partial charge is 0.304 e. The van der Waals surface area contributed by atoms with E-state index in [0.29, 0.717) is 21.9 Å². The number of pyridine rings is 1. The van der Waals surface area contributed by atoms with Crippen molar-refractivity contribution in [3.05, 3.63) is 65.0 Å². The number of carbonyl (C=O) groups excluding carboxylic acids is 3. The first-order valence-corrected chi connectivity index (χ1v) is 6.82. The van der Waals surface area contributed by atoms with E-state index in [9.17, 15) is 14.4 Å². The van der Waals surface area contributed by atoms with Crippen molar-refractivity contribution in [2.24, 2.45) is 16.2 Å². The first-order valence-electron chi connectivity index (χ1n) is 6.82. The molecule has 0 bridgehead atoms. The summed E-state index contributed by atoms with van der Waals surface area (Å²) in [5.74, 6) is 3.13. The molecule has 9 nitrogen and oxygen atoms in total. The highest BCUT2D eigenvalue weighted by Crippen LogP contribution is 2.23. The number of aromatic nitrogens is 1. The van der Waals surface area contributed by atoms with Crippen LogP contribution in [0.5, 0.6) is 0 Å². The van der Waals surface area contributed by atoms with Crippen molar-refractivity contribution in [2.45, 2.75) is 6.61 Å². The molecule has 2 N–H and O–H groups in total. The van der Waals surface area contributed by atoms with Gasteiger partial charge < -0.3 is 5.84 Å². The van der Waals surface area contributed by atoms with E-state index in [0.717, 1.165) is 0 Å². The number of hydroxylamine groups is 2. The predicted octanol–water partition coefficient (Wildman–Crippen LogP) is 1.28. The zero-order valence-corrected chi connectivity index (χ0v) is 12.2. The Morgan fingerprint density at radius 2 is 1.79 bits per heavy atom. The molecule has 0 atom stereocenters. The van der Waals surface area contributed by atoms with Gasteiger partial charge in [-0.2, -0.15) is 0 Å². The van der Waals surface area contributed by atoms with Gasteiger partial charge in [0.1, 0.15) is 6.61 Å². The molecular formula is C15H11N5O4. The van der Waals surface area contributed by atoms with Gasteiger partial charge in [-0.25, -0.2) is 0 Å². The minimum atomic E-state index is -0.627. The average molecular weight is 325 g/mol. The van der Waals surface area contributed by atoms with Gasteiger partial charge in [0.25, 0.3) is 17.7 Å². The van der Waals surface area contributed by atoms with Gasteiger partial charge in [0.15, 0.2) is 0 Å². The van der Waals surface area contributed by atoms with Gasteiger partial charge in [-0.15, -0.1) is 5.06 Å². The molecular weight excluding hydrogens is 314 g/mol. The molecule has 0 fully saturated rings. The molecule has 2 aromatic rings. The SMILES string of the molecule is NN=NC(=O)c1ccc(CON2C(=O)c3ccccc3C2=O)nc1. The van der Waals surface area contributed by atoms with Crippen molar-refractivity contribution in [1.29, 1.82) is 0 Å². The molecule has 2 heterocycles. The van der Waals surface area contributed by atoms with Crippen LogP contribution in [0.2, 0.25) is 0 Å². The molecule has 3 amide bonds. The van der Waals surface area contributed by atoms with Gasteiger partial charge in [0, 0.05) is 6.20 Å². The van der Waals surface area contributed by atoms with Crippen LogP contribution in [0, 0.1) is 0 Å². The summed E-state index contributed by atoms with van der Waals surface area (Å²) in [6.07, 6.45) is 1.28. The number of benzene rings is 1. The van der Waals surface area contributed by atoms with E-state index >= 15 is 0 Å². The van der Waals surface area contributed by atoms with Gasteiger partial charge in [-0.05, 0) is 24.3 Å². The van der Waals surface area contributed by atoms with E-state index in [1.807, 2.05) is 0 Å². The van der Waals surface area contributed by atoms with Gasteiger partial charge in [-0.3, -0.25) is 24.2 Å². The number of nitrogens with zero attached hydrogens (tertiary/aromatic N) is 4. The minimum Gasteiger partial charge on any atom is -0.304 e.